The predicted octanol–water partition coefficient (Wildman–Crippen LogP) is 5.25. The zero-order valence-corrected chi connectivity index (χ0v) is 27.1. The van der Waals surface area contributed by atoms with Crippen LogP contribution in [0.1, 0.15) is 16.7 Å². The number of methoxy groups -OCH3 is 2. The third-order valence-electron chi connectivity index (χ3n) is 7.33. The first-order valence-electron chi connectivity index (χ1n) is 14.2. The molecule has 0 bridgehead atoms. The third kappa shape index (κ3) is 8.14. The van der Waals surface area contributed by atoms with Crippen LogP contribution in [0.4, 0.5) is 5.69 Å². The van der Waals surface area contributed by atoms with Crippen molar-refractivity contribution in [1.82, 2.24) is 10.2 Å². The average molecular weight is 650 g/mol. The minimum Gasteiger partial charge on any atom is -0.493 e. The lowest BCUT2D eigenvalue weighted by Crippen LogP contribution is -2.53. The molecule has 4 aromatic carbocycles. The molecule has 0 aliphatic carbocycles. The van der Waals surface area contributed by atoms with Crippen LogP contribution in [-0.4, -0.2) is 59.0 Å². The van der Waals surface area contributed by atoms with E-state index in [1.807, 2.05) is 37.3 Å². The molecule has 4 rings (SSSR count). The molecular formula is C34H36ClN3O6S. The number of ether oxygens (including phenoxy) is 2. The van der Waals surface area contributed by atoms with E-state index in [4.69, 9.17) is 21.1 Å². The van der Waals surface area contributed by atoms with E-state index in [2.05, 4.69) is 5.32 Å². The van der Waals surface area contributed by atoms with Crippen LogP contribution in [0.5, 0.6) is 11.5 Å². The minimum absolute atomic E-state index is 0.0407. The number of amides is 2. The maximum absolute atomic E-state index is 14.4. The summed E-state index contributed by atoms with van der Waals surface area (Å²) in [4.78, 5) is 29.1. The summed E-state index contributed by atoms with van der Waals surface area (Å²) in [6.45, 7) is 1.35. The van der Waals surface area contributed by atoms with Gasteiger partial charge in [0.1, 0.15) is 12.6 Å². The van der Waals surface area contributed by atoms with Gasteiger partial charge in [0.05, 0.1) is 24.8 Å². The van der Waals surface area contributed by atoms with Crippen molar-refractivity contribution >= 4 is 39.1 Å². The number of benzene rings is 4. The Morgan fingerprint density at radius 3 is 2.09 bits per heavy atom. The van der Waals surface area contributed by atoms with Crippen LogP contribution >= 0.6 is 11.6 Å². The van der Waals surface area contributed by atoms with Crippen molar-refractivity contribution in [2.24, 2.45) is 0 Å². The first-order valence-corrected chi connectivity index (χ1v) is 16.0. The summed E-state index contributed by atoms with van der Waals surface area (Å²) in [5.74, 6) is -0.372. The topological polar surface area (TPSA) is 105 Å². The number of nitrogens with zero attached hydrogens (tertiary/aromatic N) is 2. The zero-order chi connectivity index (χ0) is 32.6. The number of rotatable bonds is 13. The highest BCUT2D eigenvalue weighted by Crippen LogP contribution is 2.32. The summed E-state index contributed by atoms with van der Waals surface area (Å²) in [6, 6.07) is 26.4. The van der Waals surface area contributed by atoms with E-state index in [0.29, 0.717) is 10.8 Å². The Kier molecular flexibility index (Phi) is 11.1. The van der Waals surface area contributed by atoms with Gasteiger partial charge in [0.25, 0.3) is 10.0 Å². The SMILES string of the molecule is CNC(=O)C(Cc1ccccc1)N(Cc1ccc(Cl)cc1)C(=O)CN(c1ccc(C)cc1)S(=O)(=O)c1ccc(OC)c(OC)c1. The highest BCUT2D eigenvalue weighted by molar-refractivity contribution is 7.92. The van der Waals surface area contributed by atoms with Crippen molar-refractivity contribution in [1.29, 1.82) is 0 Å². The first kappa shape index (κ1) is 33.4. The Hall–Kier alpha value is -4.54. The van der Waals surface area contributed by atoms with Crippen molar-refractivity contribution in [3.8, 4) is 11.5 Å². The van der Waals surface area contributed by atoms with Crippen LogP contribution in [0, 0.1) is 6.92 Å². The molecule has 1 atom stereocenters. The van der Waals surface area contributed by atoms with Gasteiger partial charge in [-0.05, 0) is 54.4 Å². The van der Waals surface area contributed by atoms with E-state index >= 15 is 0 Å². The molecule has 11 heteroatoms. The largest absolute Gasteiger partial charge is 0.493 e. The molecule has 4 aromatic rings. The van der Waals surface area contributed by atoms with E-state index in [1.54, 1.807) is 48.5 Å². The molecule has 236 valence electrons. The summed E-state index contributed by atoms with van der Waals surface area (Å²) in [7, 11) is 0.0634. The molecule has 0 fully saturated rings. The predicted molar refractivity (Wildman–Crippen MR) is 175 cm³/mol. The number of sulfonamides is 1. The Morgan fingerprint density at radius 2 is 1.49 bits per heavy atom. The summed E-state index contributed by atoms with van der Waals surface area (Å²) in [5.41, 5.74) is 2.77. The Morgan fingerprint density at radius 1 is 0.844 bits per heavy atom. The number of likely N-dealkylation sites (N-methyl/N-ethyl adjacent to an activating group) is 1. The fourth-order valence-electron chi connectivity index (χ4n) is 4.85. The van der Waals surface area contributed by atoms with Gasteiger partial charge in [-0.1, -0.05) is 71.8 Å². The molecular weight excluding hydrogens is 614 g/mol. The Labute approximate surface area is 269 Å². The van der Waals surface area contributed by atoms with Gasteiger partial charge in [0.15, 0.2) is 11.5 Å². The molecule has 1 unspecified atom stereocenters. The monoisotopic (exact) mass is 649 g/mol. The van der Waals surface area contributed by atoms with Gasteiger partial charge in [0, 0.05) is 31.1 Å². The lowest BCUT2D eigenvalue weighted by Gasteiger charge is -2.33. The van der Waals surface area contributed by atoms with E-state index < -0.39 is 28.5 Å². The van der Waals surface area contributed by atoms with Gasteiger partial charge < -0.3 is 19.7 Å². The molecule has 0 radical (unpaired) electrons. The van der Waals surface area contributed by atoms with Gasteiger partial charge in [-0.3, -0.25) is 13.9 Å². The second-order valence-corrected chi connectivity index (χ2v) is 12.6. The second kappa shape index (κ2) is 15.0. The third-order valence-corrected chi connectivity index (χ3v) is 9.35. The van der Waals surface area contributed by atoms with Gasteiger partial charge >= 0.3 is 0 Å². The first-order chi connectivity index (χ1) is 21.6. The van der Waals surface area contributed by atoms with Crippen molar-refractivity contribution in [2.45, 2.75) is 30.8 Å². The van der Waals surface area contributed by atoms with Crippen LogP contribution in [0.2, 0.25) is 5.02 Å². The molecule has 2 amide bonds. The molecule has 0 heterocycles. The van der Waals surface area contributed by atoms with Crippen LogP contribution in [0.3, 0.4) is 0 Å². The maximum atomic E-state index is 14.4. The summed E-state index contributed by atoms with van der Waals surface area (Å²) in [6.07, 6.45) is 0.215. The van der Waals surface area contributed by atoms with Crippen LogP contribution < -0.4 is 19.1 Å². The van der Waals surface area contributed by atoms with Crippen molar-refractivity contribution in [2.75, 3.05) is 32.1 Å². The van der Waals surface area contributed by atoms with Crippen LogP contribution in [-0.2, 0) is 32.6 Å². The molecule has 9 nitrogen and oxygen atoms in total. The molecule has 0 aliphatic heterocycles. The van der Waals surface area contributed by atoms with E-state index in [-0.39, 0.29) is 35.2 Å². The van der Waals surface area contributed by atoms with Gasteiger partial charge in [-0.25, -0.2) is 8.42 Å². The van der Waals surface area contributed by atoms with E-state index in [1.165, 1.54) is 44.4 Å². The van der Waals surface area contributed by atoms with Gasteiger partial charge in [0.2, 0.25) is 11.8 Å². The number of halogens is 1. The van der Waals surface area contributed by atoms with E-state index in [9.17, 15) is 18.0 Å². The Bertz CT molecular complexity index is 1720. The van der Waals surface area contributed by atoms with Gasteiger partial charge in [-0.2, -0.15) is 0 Å². The molecule has 45 heavy (non-hydrogen) atoms. The fraction of sp³-hybridized carbons (Fsp3) is 0.235. The Balaban J connectivity index is 1.80. The van der Waals surface area contributed by atoms with Crippen molar-refractivity contribution in [3.63, 3.8) is 0 Å². The molecule has 0 aromatic heterocycles. The maximum Gasteiger partial charge on any atom is 0.264 e. The zero-order valence-electron chi connectivity index (χ0n) is 25.6. The number of hydrogen-bond acceptors (Lipinski definition) is 6. The number of carbonyl (C=O) groups excluding carboxylic acids is 2. The number of nitrogens with one attached hydrogen (secondary N) is 1. The highest BCUT2D eigenvalue weighted by atomic mass is 35.5. The lowest BCUT2D eigenvalue weighted by molar-refractivity contribution is -0.139. The summed E-state index contributed by atoms with van der Waals surface area (Å²) >= 11 is 6.12. The molecule has 1 N–H and O–H groups in total. The number of carbonyl (C=O) groups is 2. The van der Waals surface area contributed by atoms with Crippen molar-refractivity contribution < 1.29 is 27.5 Å². The minimum atomic E-state index is -4.31. The standard InChI is InChI=1S/C34H36ClN3O6S/c1-24-10-16-28(17-11-24)38(45(41,42)29-18-19-31(43-3)32(21-29)44-4)23-33(39)37(22-26-12-14-27(35)15-13-26)30(34(40)36-2)20-25-8-6-5-7-9-25/h5-19,21,30H,20,22-23H2,1-4H3,(H,36,40). The van der Waals surface area contributed by atoms with E-state index in [0.717, 1.165) is 21.0 Å². The number of anilines is 1. The van der Waals surface area contributed by atoms with Crippen LogP contribution in [0.15, 0.2) is 102 Å². The van der Waals surface area contributed by atoms with Crippen molar-refractivity contribution in [3.05, 3.63) is 119 Å². The highest BCUT2D eigenvalue weighted by Gasteiger charge is 2.34. The molecule has 0 aliphatic rings. The molecule has 0 saturated carbocycles. The number of aryl methyl sites for hydroxylation is 1. The molecule has 0 saturated heterocycles. The quantitative estimate of drug-likeness (QED) is 0.212. The summed E-state index contributed by atoms with van der Waals surface area (Å²) in [5, 5.41) is 3.20. The normalized spacial score (nSPS) is 11.8. The lowest BCUT2D eigenvalue weighted by atomic mass is 10.0. The summed E-state index contributed by atoms with van der Waals surface area (Å²) < 4.78 is 40.2. The second-order valence-electron chi connectivity index (χ2n) is 10.3. The van der Waals surface area contributed by atoms with Crippen LogP contribution in [0.25, 0.3) is 0 Å². The number of hydrogen-bond donors (Lipinski definition) is 1. The smallest absolute Gasteiger partial charge is 0.264 e. The van der Waals surface area contributed by atoms with Gasteiger partial charge in [-0.15, -0.1) is 0 Å². The average Bonchev–Trinajstić information content (AvgIpc) is 3.06. The fourth-order valence-corrected chi connectivity index (χ4v) is 6.41. The molecule has 0 spiro atoms.